The van der Waals surface area contributed by atoms with Crippen LogP contribution in [0, 0.1) is 0 Å². The van der Waals surface area contributed by atoms with Gasteiger partial charge in [-0.05, 0) is 61.2 Å². The van der Waals surface area contributed by atoms with Crippen molar-refractivity contribution in [2.75, 3.05) is 0 Å². The van der Waals surface area contributed by atoms with Crippen molar-refractivity contribution in [2.45, 2.75) is 25.8 Å². The zero-order valence-electron chi connectivity index (χ0n) is 12.9. The lowest BCUT2D eigenvalue weighted by atomic mass is 10.1. The number of phenolic OH excluding ortho intramolecular Hbond substituents is 1. The predicted octanol–water partition coefficient (Wildman–Crippen LogP) is 3.59. The van der Waals surface area contributed by atoms with Crippen LogP contribution < -0.4 is 5.32 Å². The van der Waals surface area contributed by atoms with E-state index in [1.165, 1.54) is 6.08 Å². The summed E-state index contributed by atoms with van der Waals surface area (Å²) >= 11 is 5.79. The van der Waals surface area contributed by atoms with Crippen LogP contribution in [-0.2, 0) is 11.2 Å². The minimum absolute atomic E-state index is 0.0574. The monoisotopic (exact) mass is 330 g/mol. The molecule has 0 fully saturated rings. The van der Waals surface area contributed by atoms with Gasteiger partial charge >= 0.3 is 0 Å². The average Bonchev–Trinajstić information content (AvgIpc) is 2.52. The smallest absolute Gasteiger partial charge is 0.244 e. The summed E-state index contributed by atoms with van der Waals surface area (Å²) in [7, 11) is 0. The number of phenols is 1. The number of halogens is 1. The van der Waals surface area contributed by atoms with Crippen molar-refractivity contribution >= 4 is 23.6 Å². The molecule has 4 nitrogen and oxygen atoms in total. The Morgan fingerprint density at radius 2 is 2.09 bits per heavy atom. The molecular weight excluding hydrogens is 312 g/mol. The van der Waals surface area contributed by atoms with Crippen molar-refractivity contribution in [3.63, 3.8) is 0 Å². The number of nitrogens with zero attached hydrogens (tertiary/aromatic N) is 1. The van der Waals surface area contributed by atoms with Gasteiger partial charge in [0.1, 0.15) is 10.9 Å². The third-order valence-electron chi connectivity index (χ3n) is 3.37. The van der Waals surface area contributed by atoms with E-state index < -0.39 is 0 Å². The summed E-state index contributed by atoms with van der Waals surface area (Å²) in [6.07, 6.45) is 6.45. The Morgan fingerprint density at radius 1 is 1.35 bits per heavy atom. The van der Waals surface area contributed by atoms with Crippen LogP contribution in [0.1, 0.15) is 24.5 Å². The van der Waals surface area contributed by atoms with Gasteiger partial charge in [0.2, 0.25) is 5.91 Å². The topological polar surface area (TPSA) is 62.2 Å². The Kier molecular flexibility index (Phi) is 6.18. The molecule has 23 heavy (non-hydrogen) atoms. The lowest BCUT2D eigenvalue weighted by Crippen LogP contribution is -2.31. The summed E-state index contributed by atoms with van der Waals surface area (Å²) in [6, 6.07) is 10.6. The third kappa shape index (κ3) is 6.12. The molecule has 120 valence electrons. The molecule has 0 aliphatic carbocycles. The number of nitrogens with one attached hydrogen (secondary N) is 1. The average molecular weight is 331 g/mol. The number of benzene rings is 1. The second kappa shape index (κ2) is 8.34. The Morgan fingerprint density at radius 3 is 2.78 bits per heavy atom. The summed E-state index contributed by atoms with van der Waals surface area (Å²) in [4.78, 5) is 15.8. The Bertz CT molecular complexity index is 684. The minimum Gasteiger partial charge on any atom is -0.508 e. The summed E-state index contributed by atoms with van der Waals surface area (Å²) in [5, 5.41) is 12.6. The summed E-state index contributed by atoms with van der Waals surface area (Å²) in [5.41, 5.74) is 1.96. The molecule has 1 aromatic heterocycles. The number of pyridine rings is 1. The van der Waals surface area contributed by atoms with Gasteiger partial charge in [-0.2, -0.15) is 0 Å². The van der Waals surface area contributed by atoms with Crippen molar-refractivity contribution in [2.24, 2.45) is 0 Å². The molecule has 2 N–H and O–H groups in total. The first-order valence-electron chi connectivity index (χ1n) is 7.41. The third-order valence-corrected chi connectivity index (χ3v) is 3.58. The molecule has 1 amide bonds. The van der Waals surface area contributed by atoms with Gasteiger partial charge in [0.05, 0.1) is 0 Å². The van der Waals surface area contributed by atoms with Crippen molar-refractivity contribution in [1.82, 2.24) is 10.3 Å². The highest BCUT2D eigenvalue weighted by Crippen LogP contribution is 2.12. The number of amides is 1. The molecule has 0 spiro atoms. The first-order chi connectivity index (χ1) is 11.0. The van der Waals surface area contributed by atoms with E-state index in [4.69, 9.17) is 11.6 Å². The van der Waals surface area contributed by atoms with Crippen LogP contribution in [0.5, 0.6) is 5.75 Å². The maximum absolute atomic E-state index is 11.9. The van der Waals surface area contributed by atoms with Crippen LogP contribution in [0.4, 0.5) is 0 Å². The predicted molar refractivity (Wildman–Crippen MR) is 92.3 cm³/mol. The first-order valence-corrected chi connectivity index (χ1v) is 7.79. The van der Waals surface area contributed by atoms with Crippen molar-refractivity contribution in [1.29, 1.82) is 0 Å². The number of hydrogen-bond acceptors (Lipinski definition) is 3. The number of rotatable bonds is 6. The highest BCUT2D eigenvalue weighted by Gasteiger charge is 2.05. The number of carbonyl (C=O) groups excluding carboxylic acids is 1. The van der Waals surface area contributed by atoms with E-state index in [1.54, 1.807) is 36.5 Å². The SMILES string of the molecule is CC(CCc1ccc(O)cc1)NC(=O)C=Cc1ccnc(Cl)c1. The summed E-state index contributed by atoms with van der Waals surface area (Å²) < 4.78 is 0. The van der Waals surface area contributed by atoms with Crippen molar-refractivity contribution in [3.05, 3.63) is 65.0 Å². The molecule has 1 unspecified atom stereocenters. The van der Waals surface area contributed by atoms with Gasteiger partial charge in [-0.3, -0.25) is 4.79 Å². The molecule has 1 atom stereocenters. The first kappa shape index (κ1) is 17.0. The van der Waals surface area contributed by atoms with E-state index in [9.17, 15) is 9.90 Å². The lowest BCUT2D eigenvalue weighted by Gasteiger charge is -2.12. The van der Waals surface area contributed by atoms with Crippen LogP contribution >= 0.6 is 11.6 Å². The second-order valence-corrected chi connectivity index (χ2v) is 5.75. The molecule has 1 aromatic carbocycles. The Balaban J connectivity index is 1.79. The molecule has 2 aromatic rings. The minimum atomic E-state index is -0.142. The van der Waals surface area contributed by atoms with Crippen molar-refractivity contribution in [3.8, 4) is 5.75 Å². The van der Waals surface area contributed by atoms with Gasteiger partial charge in [0, 0.05) is 18.3 Å². The molecule has 0 saturated heterocycles. The summed E-state index contributed by atoms with van der Waals surface area (Å²) in [5.74, 6) is 0.118. The van der Waals surface area contributed by atoms with Crippen LogP contribution in [0.25, 0.3) is 6.08 Å². The molecule has 0 aliphatic heterocycles. The van der Waals surface area contributed by atoms with E-state index in [0.717, 1.165) is 24.0 Å². The van der Waals surface area contributed by atoms with E-state index in [-0.39, 0.29) is 17.7 Å². The highest BCUT2D eigenvalue weighted by atomic mass is 35.5. The van der Waals surface area contributed by atoms with E-state index in [2.05, 4.69) is 10.3 Å². The molecule has 2 rings (SSSR count). The van der Waals surface area contributed by atoms with Crippen LogP contribution in [0.2, 0.25) is 5.15 Å². The fraction of sp³-hybridized carbons (Fsp3) is 0.222. The van der Waals surface area contributed by atoms with Crippen LogP contribution in [0.15, 0.2) is 48.7 Å². The van der Waals surface area contributed by atoms with E-state index in [1.807, 2.05) is 19.1 Å². The maximum atomic E-state index is 11.9. The second-order valence-electron chi connectivity index (χ2n) is 5.36. The van der Waals surface area contributed by atoms with Gasteiger partial charge < -0.3 is 10.4 Å². The standard InChI is InChI=1S/C18H19ClN2O2/c1-13(2-3-14-4-7-16(22)8-5-14)21-18(23)9-6-15-10-11-20-17(19)12-15/h4-13,22H,2-3H2,1H3,(H,21,23). The zero-order chi connectivity index (χ0) is 16.7. The maximum Gasteiger partial charge on any atom is 0.244 e. The van der Waals surface area contributed by atoms with Gasteiger partial charge in [-0.25, -0.2) is 4.98 Å². The fourth-order valence-electron chi connectivity index (χ4n) is 2.10. The molecule has 0 bridgehead atoms. The fourth-order valence-corrected chi connectivity index (χ4v) is 2.28. The Labute approximate surface area is 140 Å². The number of aromatic nitrogens is 1. The molecule has 1 heterocycles. The van der Waals surface area contributed by atoms with E-state index >= 15 is 0 Å². The van der Waals surface area contributed by atoms with Crippen LogP contribution in [0.3, 0.4) is 0 Å². The van der Waals surface area contributed by atoms with E-state index in [0.29, 0.717) is 5.15 Å². The molecule has 0 radical (unpaired) electrons. The number of hydrogen-bond donors (Lipinski definition) is 2. The van der Waals surface area contributed by atoms with Crippen molar-refractivity contribution < 1.29 is 9.90 Å². The quantitative estimate of drug-likeness (QED) is 0.628. The molecule has 0 saturated carbocycles. The number of aromatic hydroxyl groups is 1. The van der Waals surface area contributed by atoms with Gasteiger partial charge in [-0.15, -0.1) is 0 Å². The van der Waals surface area contributed by atoms with Gasteiger partial charge in [0.15, 0.2) is 0 Å². The normalized spacial score (nSPS) is 12.3. The lowest BCUT2D eigenvalue weighted by molar-refractivity contribution is -0.117. The Hall–Kier alpha value is -2.33. The summed E-state index contributed by atoms with van der Waals surface area (Å²) in [6.45, 7) is 1.97. The van der Waals surface area contributed by atoms with Gasteiger partial charge in [0.25, 0.3) is 0 Å². The molecule has 0 aliphatic rings. The zero-order valence-corrected chi connectivity index (χ0v) is 13.6. The van der Waals surface area contributed by atoms with Crippen LogP contribution in [-0.4, -0.2) is 22.0 Å². The number of aryl methyl sites for hydroxylation is 1. The van der Waals surface area contributed by atoms with Gasteiger partial charge in [-0.1, -0.05) is 23.7 Å². The number of carbonyl (C=O) groups is 1. The largest absolute Gasteiger partial charge is 0.508 e. The highest BCUT2D eigenvalue weighted by molar-refractivity contribution is 6.29. The molecule has 5 heteroatoms. The molecular formula is C18H19ClN2O2.